The highest BCUT2D eigenvalue weighted by Gasteiger charge is 2.48. The van der Waals surface area contributed by atoms with Gasteiger partial charge in [0, 0.05) is 12.6 Å². The molecule has 3 N–H and O–H groups in total. The van der Waals surface area contributed by atoms with E-state index >= 15 is 0 Å². The molecule has 0 radical (unpaired) electrons. The summed E-state index contributed by atoms with van der Waals surface area (Å²) in [5, 5.41) is 2.59. The lowest BCUT2D eigenvalue weighted by Gasteiger charge is -2.16. The van der Waals surface area contributed by atoms with Crippen LogP contribution in [0.25, 0.3) is 0 Å². The van der Waals surface area contributed by atoms with Crippen LogP contribution in [0.15, 0.2) is 18.2 Å². The first-order valence-electron chi connectivity index (χ1n) is 6.15. The summed E-state index contributed by atoms with van der Waals surface area (Å²) in [6.07, 6.45) is 1.40. The average molecular weight is 286 g/mol. The lowest BCUT2D eigenvalue weighted by atomic mass is 10.1. The van der Waals surface area contributed by atoms with Crippen molar-refractivity contribution in [3.63, 3.8) is 0 Å². The molecule has 1 aromatic carbocycles. The number of ether oxygens (including phenoxy) is 2. The molecule has 2 rings (SSSR count). The Hall–Kier alpha value is -1.89. The van der Waals surface area contributed by atoms with Gasteiger partial charge in [-0.2, -0.15) is 8.78 Å². The average Bonchev–Trinajstić information content (AvgIpc) is 3.21. The number of nitrogens with two attached hydrogens (primary N) is 1. The fourth-order valence-electron chi connectivity index (χ4n) is 1.86. The van der Waals surface area contributed by atoms with Gasteiger partial charge in [-0.25, -0.2) is 0 Å². The van der Waals surface area contributed by atoms with Crippen LogP contribution in [0.5, 0.6) is 11.5 Å². The van der Waals surface area contributed by atoms with Crippen molar-refractivity contribution in [1.29, 1.82) is 0 Å². The Morgan fingerprint density at radius 1 is 1.50 bits per heavy atom. The summed E-state index contributed by atoms with van der Waals surface area (Å²) in [5.74, 6) is 0.0360. The zero-order valence-electron chi connectivity index (χ0n) is 11.0. The first-order valence-corrected chi connectivity index (χ1v) is 6.15. The van der Waals surface area contributed by atoms with Gasteiger partial charge in [-0.1, -0.05) is 0 Å². The highest BCUT2D eigenvalue weighted by atomic mass is 19.3. The molecule has 0 bridgehead atoms. The Balaban J connectivity index is 2.21. The van der Waals surface area contributed by atoms with Crippen molar-refractivity contribution < 1.29 is 23.0 Å². The molecule has 1 fully saturated rings. The molecule has 7 heteroatoms. The first kappa shape index (κ1) is 14.5. The minimum atomic E-state index is -2.97. The van der Waals surface area contributed by atoms with Crippen LogP contribution in [0.2, 0.25) is 0 Å². The van der Waals surface area contributed by atoms with Gasteiger partial charge in [0.25, 0.3) is 0 Å². The number of hydrogen-bond donors (Lipinski definition) is 2. The summed E-state index contributed by atoms with van der Waals surface area (Å²) in [4.78, 5) is 12.1. The van der Waals surface area contributed by atoms with Crippen LogP contribution in [0, 0.1) is 5.41 Å². The van der Waals surface area contributed by atoms with Gasteiger partial charge in [-0.3, -0.25) is 4.79 Å². The molecule has 0 atom stereocenters. The van der Waals surface area contributed by atoms with Gasteiger partial charge in [0.05, 0.1) is 18.2 Å². The molecule has 0 spiro atoms. The number of alkyl halides is 2. The molecule has 1 aliphatic rings. The number of hydrogen-bond acceptors (Lipinski definition) is 4. The van der Waals surface area contributed by atoms with Crippen molar-refractivity contribution in [3.05, 3.63) is 18.2 Å². The van der Waals surface area contributed by atoms with E-state index in [1.807, 2.05) is 0 Å². The highest BCUT2D eigenvalue weighted by Crippen LogP contribution is 2.46. The van der Waals surface area contributed by atoms with E-state index in [1.54, 1.807) is 0 Å². The van der Waals surface area contributed by atoms with Crippen molar-refractivity contribution in [3.8, 4) is 11.5 Å². The number of carbonyl (C=O) groups is 1. The van der Waals surface area contributed by atoms with E-state index in [0.29, 0.717) is 18.6 Å². The van der Waals surface area contributed by atoms with E-state index < -0.39 is 12.0 Å². The van der Waals surface area contributed by atoms with E-state index in [9.17, 15) is 13.6 Å². The second-order valence-electron chi connectivity index (χ2n) is 4.68. The first-order chi connectivity index (χ1) is 9.50. The van der Waals surface area contributed by atoms with Crippen LogP contribution in [-0.2, 0) is 4.79 Å². The molecule has 0 unspecified atom stereocenters. The minimum Gasteiger partial charge on any atom is -0.497 e. The summed E-state index contributed by atoms with van der Waals surface area (Å²) in [6.45, 7) is -2.74. The summed E-state index contributed by atoms with van der Waals surface area (Å²) in [5.41, 5.74) is 5.13. The number of anilines is 1. The number of rotatable bonds is 6. The maximum absolute atomic E-state index is 12.3. The molecule has 1 aliphatic carbocycles. The molecule has 5 nitrogen and oxygen atoms in total. The second kappa shape index (κ2) is 5.62. The second-order valence-corrected chi connectivity index (χ2v) is 4.68. The summed E-state index contributed by atoms with van der Waals surface area (Å²) >= 11 is 0. The molecule has 0 aliphatic heterocycles. The zero-order valence-corrected chi connectivity index (χ0v) is 11.0. The predicted octanol–water partition coefficient (Wildman–Crippen LogP) is 1.97. The SMILES string of the molecule is COc1ccc(OC(F)F)c(NC(=O)C2(CN)CC2)c1. The largest absolute Gasteiger partial charge is 0.497 e. The quantitative estimate of drug-likeness (QED) is 0.838. The molecular formula is C13H16F2N2O3. The van der Waals surface area contributed by atoms with Crippen molar-refractivity contribution in [1.82, 2.24) is 0 Å². The molecule has 1 amide bonds. The third-order valence-electron chi connectivity index (χ3n) is 3.38. The van der Waals surface area contributed by atoms with Gasteiger partial charge in [-0.05, 0) is 25.0 Å². The van der Waals surface area contributed by atoms with Gasteiger partial charge < -0.3 is 20.5 Å². The molecule has 0 aromatic heterocycles. The third-order valence-corrected chi connectivity index (χ3v) is 3.38. The maximum atomic E-state index is 12.3. The van der Waals surface area contributed by atoms with Crippen LogP contribution in [0.1, 0.15) is 12.8 Å². The maximum Gasteiger partial charge on any atom is 0.387 e. The normalized spacial score (nSPS) is 15.8. The van der Waals surface area contributed by atoms with Crippen LogP contribution < -0.4 is 20.5 Å². The van der Waals surface area contributed by atoms with Crippen LogP contribution in [0.3, 0.4) is 0 Å². The standard InChI is InChI=1S/C13H16F2N2O3/c1-19-8-2-3-10(20-12(14)15)9(6-8)17-11(18)13(7-16)4-5-13/h2-3,6,12H,4-5,7,16H2,1H3,(H,17,18). The monoisotopic (exact) mass is 286 g/mol. The summed E-state index contributed by atoms with van der Waals surface area (Å²) in [6, 6.07) is 4.23. The number of halogens is 2. The smallest absolute Gasteiger partial charge is 0.387 e. The van der Waals surface area contributed by atoms with Crippen molar-refractivity contribution >= 4 is 11.6 Å². The van der Waals surface area contributed by atoms with Crippen molar-refractivity contribution in [2.45, 2.75) is 19.5 Å². The third kappa shape index (κ3) is 2.98. The van der Waals surface area contributed by atoms with Gasteiger partial charge in [-0.15, -0.1) is 0 Å². The number of amides is 1. The fraction of sp³-hybridized carbons (Fsp3) is 0.462. The number of benzene rings is 1. The van der Waals surface area contributed by atoms with Gasteiger partial charge >= 0.3 is 6.61 Å². The number of carbonyl (C=O) groups excluding carboxylic acids is 1. The number of methoxy groups -OCH3 is 1. The van der Waals surface area contributed by atoms with E-state index in [2.05, 4.69) is 10.1 Å². The molecule has 0 saturated heterocycles. The lowest BCUT2D eigenvalue weighted by Crippen LogP contribution is -2.31. The Bertz CT molecular complexity index is 504. The van der Waals surface area contributed by atoms with Gasteiger partial charge in [0.1, 0.15) is 11.5 Å². The Labute approximate surface area is 115 Å². The summed E-state index contributed by atoms with van der Waals surface area (Å²) < 4.78 is 34.1. The molecule has 1 aromatic rings. The van der Waals surface area contributed by atoms with E-state index in [4.69, 9.17) is 10.5 Å². The molecule has 20 heavy (non-hydrogen) atoms. The molecule has 110 valence electrons. The Morgan fingerprint density at radius 3 is 2.70 bits per heavy atom. The number of nitrogens with one attached hydrogen (secondary N) is 1. The van der Waals surface area contributed by atoms with Crippen LogP contribution >= 0.6 is 0 Å². The Morgan fingerprint density at radius 2 is 2.20 bits per heavy atom. The molecule has 1 saturated carbocycles. The lowest BCUT2D eigenvalue weighted by molar-refractivity contribution is -0.120. The van der Waals surface area contributed by atoms with E-state index in [1.165, 1.54) is 25.3 Å². The van der Waals surface area contributed by atoms with Crippen molar-refractivity contribution in [2.24, 2.45) is 11.1 Å². The zero-order chi connectivity index (χ0) is 14.8. The van der Waals surface area contributed by atoms with Gasteiger partial charge in [0.15, 0.2) is 0 Å². The fourth-order valence-corrected chi connectivity index (χ4v) is 1.86. The van der Waals surface area contributed by atoms with Crippen molar-refractivity contribution in [2.75, 3.05) is 19.0 Å². The predicted molar refractivity (Wildman–Crippen MR) is 69.0 cm³/mol. The molecule has 0 heterocycles. The Kier molecular flexibility index (Phi) is 4.08. The minimum absolute atomic E-state index is 0.109. The highest BCUT2D eigenvalue weighted by molar-refractivity contribution is 5.98. The van der Waals surface area contributed by atoms with Crippen LogP contribution in [-0.4, -0.2) is 26.2 Å². The van der Waals surface area contributed by atoms with Crippen LogP contribution in [0.4, 0.5) is 14.5 Å². The summed E-state index contributed by atoms with van der Waals surface area (Å²) in [7, 11) is 1.44. The molecular weight excluding hydrogens is 270 g/mol. The van der Waals surface area contributed by atoms with Gasteiger partial charge in [0.2, 0.25) is 5.91 Å². The topological polar surface area (TPSA) is 73.6 Å². The van der Waals surface area contributed by atoms with E-state index in [0.717, 1.165) is 0 Å². The van der Waals surface area contributed by atoms with E-state index in [-0.39, 0.29) is 23.9 Å².